The van der Waals surface area contributed by atoms with Crippen LogP contribution in [-0.2, 0) is 41.6 Å². The van der Waals surface area contributed by atoms with Crippen LogP contribution in [0.4, 0.5) is 0 Å². The Morgan fingerprint density at radius 1 is 0.889 bits per heavy atom. The Morgan fingerprint density at radius 3 is 2.19 bits per heavy atom. The van der Waals surface area contributed by atoms with Crippen LogP contribution in [0.3, 0.4) is 0 Å². The number of fused-ring (bicyclic) bond motifs is 19. The molecule has 0 spiro atoms. The maximum absolute atomic E-state index is 14.5. The summed E-state index contributed by atoms with van der Waals surface area (Å²) >= 11 is 6.66. The highest BCUT2D eigenvalue weighted by atomic mass is 32.2. The van der Waals surface area contributed by atoms with E-state index < -0.39 is 59.7 Å². The molecule has 2 aliphatic heterocycles. The number of imidazole rings is 1. The van der Waals surface area contributed by atoms with Gasteiger partial charge in [0.1, 0.15) is 36.0 Å². The molecule has 3 heterocycles. The van der Waals surface area contributed by atoms with Gasteiger partial charge in [-0.25, -0.2) is 4.98 Å². The molecule has 63 heavy (non-hydrogen) atoms. The Balaban J connectivity index is 1.94. The lowest BCUT2D eigenvalue weighted by molar-refractivity contribution is -0.135. The fourth-order valence-electron chi connectivity index (χ4n) is 7.22. The van der Waals surface area contributed by atoms with Gasteiger partial charge in [-0.1, -0.05) is 76.7 Å². The van der Waals surface area contributed by atoms with Crippen LogP contribution < -0.4 is 42.4 Å². The lowest BCUT2D eigenvalue weighted by Crippen LogP contribution is -2.59. The molecule has 0 saturated heterocycles. The summed E-state index contributed by atoms with van der Waals surface area (Å²) in [5.74, 6) is -2.05. The number of carbonyl (C=O) groups excluding carboxylic acids is 6. The van der Waals surface area contributed by atoms with E-state index >= 15 is 0 Å². The third-order valence-electron chi connectivity index (χ3n) is 10.7. The lowest BCUT2D eigenvalue weighted by atomic mass is 10.0. The maximum Gasteiger partial charge on any atom is 0.243 e. The smallest absolute Gasteiger partial charge is 0.243 e. The summed E-state index contributed by atoms with van der Waals surface area (Å²) in [5, 5.41) is 17.3. The van der Waals surface area contributed by atoms with Crippen LogP contribution in [0.5, 0.6) is 5.75 Å². The second kappa shape index (κ2) is 29.6. The lowest BCUT2D eigenvalue weighted by Gasteiger charge is -2.28. The largest absolute Gasteiger partial charge is 0.494 e. The van der Waals surface area contributed by atoms with E-state index in [1.807, 2.05) is 44.4 Å². The van der Waals surface area contributed by atoms with E-state index in [0.29, 0.717) is 61.0 Å². The fraction of sp³-hybridized carbons (Fsp3) is 0.644. The van der Waals surface area contributed by atoms with Gasteiger partial charge in [-0.15, -0.1) is 0 Å². The number of nitrogens with zero attached hydrogens (tertiary/aromatic N) is 1. The summed E-state index contributed by atoms with van der Waals surface area (Å²) in [7, 11) is 0. The summed E-state index contributed by atoms with van der Waals surface area (Å²) in [6.45, 7) is 6.73. The monoisotopic (exact) mass is 913 g/mol. The number of aromatic nitrogens is 2. The number of hydrogen-bond acceptors (Lipinski definition) is 10. The molecule has 350 valence electrons. The van der Waals surface area contributed by atoms with Gasteiger partial charge >= 0.3 is 0 Å². The van der Waals surface area contributed by atoms with Gasteiger partial charge in [-0.2, -0.15) is 11.8 Å². The predicted molar refractivity (Wildman–Crippen MR) is 251 cm³/mol. The normalized spacial score (nSPS) is 18.5. The molecule has 2 aliphatic rings. The minimum Gasteiger partial charge on any atom is -0.494 e. The van der Waals surface area contributed by atoms with Crippen LogP contribution >= 0.6 is 24.0 Å². The minimum absolute atomic E-state index is 0.0197. The maximum atomic E-state index is 14.5. The summed E-state index contributed by atoms with van der Waals surface area (Å²) in [4.78, 5) is 89.7. The molecule has 1 aromatic carbocycles. The second-order valence-corrected chi connectivity index (χ2v) is 18.3. The van der Waals surface area contributed by atoms with E-state index in [1.165, 1.54) is 18.1 Å². The van der Waals surface area contributed by atoms with Crippen molar-refractivity contribution in [3.8, 4) is 5.75 Å². The number of H-pyrrole nitrogens is 1. The van der Waals surface area contributed by atoms with Gasteiger partial charge in [0, 0.05) is 37.7 Å². The van der Waals surface area contributed by atoms with Crippen molar-refractivity contribution in [2.45, 2.75) is 154 Å². The van der Waals surface area contributed by atoms with E-state index in [9.17, 15) is 28.8 Å². The van der Waals surface area contributed by atoms with Crippen molar-refractivity contribution in [3.63, 3.8) is 0 Å². The van der Waals surface area contributed by atoms with Crippen LogP contribution in [0.2, 0.25) is 0 Å². The Labute approximate surface area is 382 Å². The van der Waals surface area contributed by atoms with E-state index in [2.05, 4.69) is 41.9 Å². The van der Waals surface area contributed by atoms with Gasteiger partial charge in [-0.3, -0.25) is 28.8 Å². The van der Waals surface area contributed by atoms with Gasteiger partial charge in [0.05, 0.1) is 17.9 Å². The average molecular weight is 914 g/mol. The zero-order valence-corrected chi connectivity index (χ0v) is 39.2. The van der Waals surface area contributed by atoms with Gasteiger partial charge in [-0.05, 0) is 87.5 Å². The van der Waals surface area contributed by atoms with Gasteiger partial charge in [0.2, 0.25) is 35.4 Å². The molecule has 0 unspecified atom stereocenters. The van der Waals surface area contributed by atoms with Crippen LogP contribution in [0.1, 0.15) is 122 Å². The number of rotatable bonds is 19. The second-order valence-electron chi connectivity index (χ2n) is 16.7. The van der Waals surface area contributed by atoms with Crippen molar-refractivity contribution in [3.05, 3.63) is 48.0 Å². The molecule has 18 heteroatoms. The number of aromatic amines is 1. The molecule has 2 aromatic rings. The number of amides is 6. The molecule has 0 radical (unpaired) electrons. The molecule has 1 aromatic heterocycles. The third kappa shape index (κ3) is 21.5. The minimum atomic E-state index is -1.18. The Kier molecular flexibility index (Phi) is 24.7. The molecule has 0 saturated carbocycles. The molecule has 2 bridgehead atoms. The number of nitrogens with two attached hydrogens (primary N) is 1. The predicted octanol–water partition coefficient (Wildman–Crippen LogP) is 3.91. The standard InChI is InChI=1S/C45H71N9O7S2/c1-30(2)25-37(43(58)51-35(41(46)56)21-24-63-4)53-42(57)36(15-12-13-22-48-31(3)62)52-44(59)38-26-32-17-19-34(20-18-32)61-23-14-10-8-6-5-7-9-11-16-40(55)50-39(45(60)54-38)27-33-28-47-29-49-33/h17-20,28-30,35-39H,5-16,21-27H2,1-4H3,(H2,46,56)(H,47,49)(H,48,62)(H,50,55)(H,51,58)(H,52,59)(H,53,57)(H,54,60)/t35-,36-,37-,38-,39-/m0/s1. The number of hydrogen-bond donors (Lipinski definition) is 8. The number of ether oxygens (including phenoxy) is 1. The number of thiocarbonyl (C=S) groups is 1. The van der Waals surface area contributed by atoms with Crippen molar-refractivity contribution in [1.82, 2.24) is 41.9 Å². The van der Waals surface area contributed by atoms with Gasteiger partial charge in [0.15, 0.2) is 0 Å². The van der Waals surface area contributed by atoms with Crippen molar-refractivity contribution in [2.24, 2.45) is 11.7 Å². The summed E-state index contributed by atoms with van der Waals surface area (Å²) < 4.78 is 6.00. The first-order chi connectivity index (χ1) is 30.2. The molecule has 0 fully saturated rings. The number of unbranched alkanes of at least 4 members (excludes halogenated alkanes) is 1. The fourth-order valence-corrected chi connectivity index (χ4v) is 7.79. The van der Waals surface area contributed by atoms with E-state index in [-0.39, 0.29) is 43.9 Å². The van der Waals surface area contributed by atoms with E-state index in [4.69, 9.17) is 22.7 Å². The molecular formula is C45H71N9O7S2. The highest BCUT2D eigenvalue weighted by molar-refractivity contribution is 7.98. The first-order valence-electron chi connectivity index (χ1n) is 22.5. The zero-order valence-electron chi connectivity index (χ0n) is 37.6. The summed E-state index contributed by atoms with van der Waals surface area (Å²) in [5.41, 5.74) is 6.96. The number of primary amides is 1. The van der Waals surface area contributed by atoms with Crippen molar-refractivity contribution in [1.29, 1.82) is 0 Å². The highest BCUT2D eigenvalue weighted by Crippen LogP contribution is 2.17. The first kappa shape index (κ1) is 52.6. The molecule has 5 atom stereocenters. The zero-order chi connectivity index (χ0) is 46.0. The Hall–Kier alpha value is -4.71. The average Bonchev–Trinajstić information content (AvgIpc) is 3.76. The first-order valence-corrected chi connectivity index (χ1v) is 24.3. The van der Waals surface area contributed by atoms with E-state index in [0.717, 1.165) is 50.5 Å². The number of carbonyl (C=O) groups is 6. The summed E-state index contributed by atoms with van der Waals surface area (Å²) in [6.07, 6.45) is 15.2. The number of thioether (sulfide) groups is 1. The molecule has 6 amide bonds. The van der Waals surface area contributed by atoms with Gasteiger partial charge in [0.25, 0.3) is 0 Å². The van der Waals surface area contributed by atoms with Gasteiger partial charge < -0.3 is 47.4 Å². The Bertz CT molecular complexity index is 1730. The topological polar surface area (TPSA) is 239 Å². The Morgan fingerprint density at radius 2 is 1.56 bits per heavy atom. The van der Waals surface area contributed by atoms with Crippen LogP contribution in [0.25, 0.3) is 0 Å². The van der Waals surface area contributed by atoms with Crippen molar-refractivity contribution >= 4 is 64.4 Å². The molecule has 4 rings (SSSR count). The SMILES string of the molecule is CSCC[C@H](NC(=O)[C@H](CC(C)C)NC(=O)[C@H](CCCCNC(C)=S)NC(=O)[C@@H]1Cc2ccc(cc2)OCCCCCCCCCCC(=O)N[C@@H](Cc2cnc[nH]2)C(=O)N1)C(N)=O. The summed E-state index contributed by atoms with van der Waals surface area (Å²) in [6, 6.07) is 2.05. The van der Waals surface area contributed by atoms with Crippen LogP contribution in [0.15, 0.2) is 36.8 Å². The molecule has 16 nitrogen and oxygen atoms in total. The quantitative estimate of drug-likeness (QED) is 0.0743. The molecule has 0 aliphatic carbocycles. The number of nitrogens with one attached hydrogen (secondary N) is 7. The van der Waals surface area contributed by atoms with Crippen LogP contribution in [0, 0.1) is 5.92 Å². The van der Waals surface area contributed by atoms with Crippen molar-refractivity contribution < 1.29 is 33.5 Å². The third-order valence-corrected chi connectivity index (χ3v) is 11.5. The van der Waals surface area contributed by atoms with Crippen LogP contribution in [-0.4, -0.2) is 106 Å². The highest BCUT2D eigenvalue weighted by Gasteiger charge is 2.33. The molecule has 9 N–H and O–H groups in total. The van der Waals surface area contributed by atoms with Crippen molar-refractivity contribution in [2.75, 3.05) is 25.2 Å². The number of benzene rings is 1. The molecular weight excluding hydrogens is 843 g/mol. The van der Waals surface area contributed by atoms with E-state index in [1.54, 1.807) is 13.1 Å².